The summed E-state index contributed by atoms with van der Waals surface area (Å²) >= 11 is 1.36. The van der Waals surface area contributed by atoms with E-state index in [1.54, 1.807) is 41.2 Å². The Morgan fingerprint density at radius 2 is 2.00 bits per heavy atom. The summed E-state index contributed by atoms with van der Waals surface area (Å²) in [6, 6.07) is 6.64. The summed E-state index contributed by atoms with van der Waals surface area (Å²) in [6.45, 7) is 3.95. The van der Waals surface area contributed by atoms with Gasteiger partial charge in [0.25, 0.3) is 11.8 Å². The first kappa shape index (κ1) is 14.0. The molecule has 0 saturated carbocycles. The Hall–Kier alpha value is -2.47. The molecule has 1 aromatic heterocycles. The molecule has 0 aliphatic carbocycles. The Kier molecular flexibility index (Phi) is 4.62. The summed E-state index contributed by atoms with van der Waals surface area (Å²) in [6.07, 6.45) is 1.61. The lowest BCUT2D eigenvalue weighted by Gasteiger charge is -2.05. The number of hydrogen-bond acceptors (Lipinski definition) is 4. The standard InChI is InChI=1S/C14H13N3O2S/c1-2-7-15-13(18)10-3-5-11(6-4-10)17-14(19)12-8-20-9-16-12/h2-6,8-9H,1,7H2,(H,15,18)(H,17,19). The molecule has 1 aromatic carbocycles. The first-order valence-corrected chi connectivity index (χ1v) is 6.83. The van der Waals surface area contributed by atoms with Crippen molar-refractivity contribution >= 4 is 28.8 Å². The number of amides is 2. The third kappa shape index (κ3) is 3.52. The number of nitrogens with zero attached hydrogens (tertiary/aromatic N) is 1. The van der Waals surface area contributed by atoms with Gasteiger partial charge in [-0.2, -0.15) is 0 Å². The van der Waals surface area contributed by atoms with E-state index >= 15 is 0 Å². The van der Waals surface area contributed by atoms with Gasteiger partial charge in [0.2, 0.25) is 0 Å². The SMILES string of the molecule is C=CCNC(=O)c1ccc(NC(=O)c2cscn2)cc1. The van der Waals surface area contributed by atoms with Crippen LogP contribution in [0.25, 0.3) is 0 Å². The van der Waals surface area contributed by atoms with Crippen LogP contribution < -0.4 is 10.6 Å². The molecule has 0 saturated heterocycles. The van der Waals surface area contributed by atoms with Crippen LogP contribution in [0.4, 0.5) is 5.69 Å². The highest BCUT2D eigenvalue weighted by molar-refractivity contribution is 7.07. The van der Waals surface area contributed by atoms with Gasteiger partial charge in [0.1, 0.15) is 5.69 Å². The minimum atomic E-state index is -0.268. The summed E-state index contributed by atoms with van der Waals surface area (Å²) in [7, 11) is 0. The largest absolute Gasteiger partial charge is 0.349 e. The molecule has 0 fully saturated rings. The predicted octanol–water partition coefficient (Wildman–Crippen LogP) is 2.31. The van der Waals surface area contributed by atoms with Crippen LogP contribution in [0.5, 0.6) is 0 Å². The molecule has 2 N–H and O–H groups in total. The zero-order valence-electron chi connectivity index (χ0n) is 10.6. The van der Waals surface area contributed by atoms with E-state index < -0.39 is 0 Å². The van der Waals surface area contributed by atoms with Crippen molar-refractivity contribution in [2.24, 2.45) is 0 Å². The number of anilines is 1. The molecule has 102 valence electrons. The maximum absolute atomic E-state index is 11.8. The van der Waals surface area contributed by atoms with Gasteiger partial charge < -0.3 is 10.6 Å². The minimum Gasteiger partial charge on any atom is -0.349 e. The molecule has 0 aliphatic heterocycles. The first-order chi connectivity index (χ1) is 9.70. The molecule has 0 radical (unpaired) electrons. The van der Waals surface area contributed by atoms with Crippen LogP contribution in [0.2, 0.25) is 0 Å². The average Bonchev–Trinajstić information content (AvgIpc) is 3.00. The van der Waals surface area contributed by atoms with Crippen LogP contribution in [-0.4, -0.2) is 23.3 Å². The van der Waals surface area contributed by atoms with Gasteiger partial charge >= 0.3 is 0 Å². The average molecular weight is 287 g/mol. The molecule has 0 aliphatic rings. The molecule has 2 amide bonds. The van der Waals surface area contributed by atoms with Gasteiger partial charge in [0.05, 0.1) is 5.51 Å². The molecule has 20 heavy (non-hydrogen) atoms. The van der Waals surface area contributed by atoms with Crippen LogP contribution in [0, 0.1) is 0 Å². The van der Waals surface area contributed by atoms with E-state index in [1.807, 2.05) is 0 Å². The van der Waals surface area contributed by atoms with E-state index in [0.717, 1.165) is 0 Å². The molecule has 6 heteroatoms. The van der Waals surface area contributed by atoms with Crippen molar-refractivity contribution in [1.29, 1.82) is 0 Å². The van der Waals surface area contributed by atoms with Gasteiger partial charge in [0, 0.05) is 23.2 Å². The second-order valence-electron chi connectivity index (χ2n) is 3.90. The Morgan fingerprint density at radius 1 is 1.25 bits per heavy atom. The fraction of sp³-hybridized carbons (Fsp3) is 0.0714. The summed E-state index contributed by atoms with van der Waals surface area (Å²) in [5, 5.41) is 7.06. The Morgan fingerprint density at radius 3 is 2.60 bits per heavy atom. The van der Waals surface area contributed by atoms with Gasteiger partial charge in [-0.3, -0.25) is 9.59 Å². The van der Waals surface area contributed by atoms with Crippen molar-refractivity contribution in [3.05, 3.63) is 59.1 Å². The lowest BCUT2D eigenvalue weighted by atomic mass is 10.2. The monoisotopic (exact) mass is 287 g/mol. The van der Waals surface area contributed by atoms with E-state index in [0.29, 0.717) is 23.5 Å². The molecule has 0 atom stereocenters. The van der Waals surface area contributed by atoms with Crippen LogP contribution in [0.1, 0.15) is 20.8 Å². The number of nitrogens with one attached hydrogen (secondary N) is 2. The molecule has 0 bridgehead atoms. The number of hydrogen-bond donors (Lipinski definition) is 2. The van der Waals surface area contributed by atoms with Gasteiger partial charge in [0.15, 0.2) is 0 Å². The topological polar surface area (TPSA) is 71.1 Å². The van der Waals surface area contributed by atoms with Crippen molar-refractivity contribution in [1.82, 2.24) is 10.3 Å². The molecule has 2 aromatic rings. The van der Waals surface area contributed by atoms with Crippen LogP contribution in [0.15, 0.2) is 47.8 Å². The minimum absolute atomic E-state index is 0.178. The van der Waals surface area contributed by atoms with Crippen molar-refractivity contribution in [2.45, 2.75) is 0 Å². The zero-order valence-corrected chi connectivity index (χ0v) is 11.4. The smallest absolute Gasteiger partial charge is 0.275 e. The molecule has 0 spiro atoms. The number of carbonyl (C=O) groups excluding carboxylic acids is 2. The number of carbonyl (C=O) groups is 2. The van der Waals surface area contributed by atoms with Gasteiger partial charge in [-0.15, -0.1) is 17.9 Å². The number of aromatic nitrogens is 1. The van der Waals surface area contributed by atoms with Crippen LogP contribution in [-0.2, 0) is 0 Å². The molecule has 0 unspecified atom stereocenters. The number of thiazole rings is 1. The normalized spacial score (nSPS) is 9.80. The third-order valence-electron chi connectivity index (χ3n) is 2.48. The first-order valence-electron chi connectivity index (χ1n) is 5.89. The Bertz CT molecular complexity index is 606. The lowest BCUT2D eigenvalue weighted by Crippen LogP contribution is -2.23. The maximum Gasteiger partial charge on any atom is 0.275 e. The van der Waals surface area contributed by atoms with Crippen molar-refractivity contribution < 1.29 is 9.59 Å². The van der Waals surface area contributed by atoms with E-state index in [-0.39, 0.29) is 11.8 Å². The summed E-state index contributed by atoms with van der Waals surface area (Å²) in [5.74, 6) is -0.447. The molecular weight excluding hydrogens is 274 g/mol. The van der Waals surface area contributed by atoms with Crippen molar-refractivity contribution in [3.63, 3.8) is 0 Å². The van der Waals surface area contributed by atoms with Crippen molar-refractivity contribution in [3.8, 4) is 0 Å². The highest BCUT2D eigenvalue weighted by Crippen LogP contribution is 2.11. The summed E-state index contributed by atoms with van der Waals surface area (Å²) in [4.78, 5) is 27.4. The van der Waals surface area contributed by atoms with Crippen molar-refractivity contribution in [2.75, 3.05) is 11.9 Å². The van der Waals surface area contributed by atoms with Gasteiger partial charge in [-0.1, -0.05) is 6.08 Å². The zero-order chi connectivity index (χ0) is 14.4. The second-order valence-corrected chi connectivity index (χ2v) is 4.62. The Balaban J connectivity index is 1.99. The molecule has 5 nitrogen and oxygen atoms in total. The number of rotatable bonds is 5. The predicted molar refractivity (Wildman–Crippen MR) is 79.0 cm³/mol. The van der Waals surface area contributed by atoms with Gasteiger partial charge in [-0.05, 0) is 24.3 Å². The summed E-state index contributed by atoms with van der Waals surface area (Å²) < 4.78 is 0. The van der Waals surface area contributed by atoms with E-state index in [2.05, 4.69) is 22.2 Å². The molecule has 1 heterocycles. The van der Waals surface area contributed by atoms with Gasteiger partial charge in [-0.25, -0.2) is 4.98 Å². The molecular formula is C14H13N3O2S. The lowest BCUT2D eigenvalue weighted by molar-refractivity contribution is 0.0957. The van der Waals surface area contributed by atoms with E-state index in [1.165, 1.54) is 11.3 Å². The quantitative estimate of drug-likeness (QED) is 0.829. The number of benzene rings is 1. The third-order valence-corrected chi connectivity index (χ3v) is 3.06. The van der Waals surface area contributed by atoms with Crippen LogP contribution >= 0.6 is 11.3 Å². The fourth-order valence-electron chi connectivity index (χ4n) is 1.49. The highest BCUT2D eigenvalue weighted by Gasteiger charge is 2.08. The Labute approximate surface area is 120 Å². The fourth-order valence-corrected chi connectivity index (χ4v) is 2.02. The summed E-state index contributed by atoms with van der Waals surface area (Å²) in [5.41, 5.74) is 3.12. The maximum atomic E-state index is 11.8. The highest BCUT2D eigenvalue weighted by atomic mass is 32.1. The van der Waals surface area contributed by atoms with E-state index in [4.69, 9.17) is 0 Å². The second kappa shape index (κ2) is 6.63. The van der Waals surface area contributed by atoms with Crippen LogP contribution in [0.3, 0.4) is 0 Å². The molecule has 2 rings (SSSR count). The van der Waals surface area contributed by atoms with E-state index in [9.17, 15) is 9.59 Å².